The van der Waals surface area contributed by atoms with Crippen LogP contribution in [0.3, 0.4) is 0 Å². The monoisotopic (exact) mass is 414 g/mol. The molecule has 0 unspecified atom stereocenters. The number of hydrogen-bond acceptors (Lipinski definition) is 3. The summed E-state index contributed by atoms with van der Waals surface area (Å²) in [6.45, 7) is -0.130. The van der Waals surface area contributed by atoms with Crippen molar-refractivity contribution in [1.29, 1.82) is 0 Å². The van der Waals surface area contributed by atoms with Crippen molar-refractivity contribution in [2.24, 2.45) is 0 Å². The van der Waals surface area contributed by atoms with Gasteiger partial charge in [-0.2, -0.15) is 0 Å². The molecule has 0 aliphatic carbocycles. The summed E-state index contributed by atoms with van der Waals surface area (Å²) in [4.78, 5) is 24.2. The minimum Gasteiger partial charge on any atom is -0.484 e. The predicted molar refractivity (Wildman–Crippen MR) is 111 cm³/mol. The number of carbonyl (C=O) groups is 2. The van der Waals surface area contributed by atoms with Crippen LogP contribution in [0.1, 0.15) is 10.4 Å². The van der Waals surface area contributed by atoms with Crippen LogP contribution in [0.25, 0.3) is 0 Å². The molecule has 142 valence electrons. The van der Waals surface area contributed by atoms with E-state index < -0.39 is 0 Å². The smallest absolute Gasteiger partial charge is 0.262 e. The minimum absolute atomic E-state index is 0.130. The summed E-state index contributed by atoms with van der Waals surface area (Å²) >= 11 is 11.7. The van der Waals surface area contributed by atoms with Gasteiger partial charge in [-0.25, -0.2) is 0 Å². The van der Waals surface area contributed by atoms with Crippen LogP contribution in [0.4, 0.5) is 11.4 Å². The van der Waals surface area contributed by atoms with Crippen LogP contribution >= 0.6 is 23.2 Å². The van der Waals surface area contributed by atoms with Crippen molar-refractivity contribution < 1.29 is 14.3 Å². The van der Waals surface area contributed by atoms with Crippen molar-refractivity contribution in [3.63, 3.8) is 0 Å². The number of halogens is 2. The molecule has 0 radical (unpaired) electrons. The average molecular weight is 415 g/mol. The summed E-state index contributed by atoms with van der Waals surface area (Å²) in [5, 5.41) is 6.58. The van der Waals surface area contributed by atoms with Crippen LogP contribution in [0.2, 0.25) is 10.0 Å². The second-order valence-corrected chi connectivity index (χ2v) is 6.71. The molecule has 2 amide bonds. The highest BCUT2D eigenvalue weighted by atomic mass is 35.5. The van der Waals surface area contributed by atoms with Crippen molar-refractivity contribution in [3.8, 4) is 5.75 Å². The highest BCUT2D eigenvalue weighted by Gasteiger charge is 2.08. The molecule has 0 aliphatic heterocycles. The lowest BCUT2D eigenvalue weighted by Crippen LogP contribution is -2.20. The molecular formula is C21H16Cl2N2O3. The van der Waals surface area contributed by atoms with Gasteiger partial charge in [-0.15, -0.1) is 0 Å². The topological polar surface area (TPSA) is 67.4 Å². The molecule has 0 atom stereocenters. The lowest BCUT2D eigenvalue weighted by Gasteiger charge is -2.09. The van der Waals surface area contributed by atoms with Crippen LogP contribution in [-0.2, 0) is 4.79 Å². The number of hydrogen-bond donors (Lipinski definition) is 2. The number of anilines is 2. The van der Waals surface area contributed by atoms with E-state index in [2.05, 4.69) is 10.6 Å². The van der Waals surface area contributed by atoms with Gasteiger partial charge in [-0.3, -0.25) is 9.59 Å². The molecule has 0 fully saturated rings. The fourth-order valence-corrected chi connectivity index (χ4v) is 2.66. The summed E-state index contributed by atoms with van der Waals surface area (Å²) in [5.41, 5.74) is 1.65. The van der Waals surface area contributed by atoms with Crippen LogP contribution in [-0.4, -0.2) is 18.4 Å². The minimum atomic E-state index is -0.300. The summed E-state index contributed by atoms with van der Waals surface area (Å²) in [7, 11) is 0. The van der Waals surface area contributed by atoms with Crippen molar-refractivity contribution in [1.82, 2.24) is 0 Å². The highest BCUT2D eigenvalue weighted by molar-refractivity contribution is 6.31. The molecule has 0 saturated carbocycles. The fraction of sp³-hybridized carbons (Fsp3) is 0.0476. The number of nitrogens with one attached hydrogen (secondary N) is 2. The molecule has 0 aromatic heterocycles. The second-order valence-electron chi connectivity index (χ2n) is 5.83. The Bertz CT molecular complexity index is 974. The molecular weight excluding hydrogens is 399 g/mol. The Morgan fingerprint density at radius 1 is 0.786 bits per heavy atom. The Morgan fingerprint density at radius 2 is 1.43 bits per heavy atom. The number of amides is 2. The molecule has 28 heavy (non-hydrogen) atoms. The summed E-state index contributed by atoms with van der Waals surface area (Å²) in [5.74, 6) is -0.0139. The predicted octanol–water partition coefficient (Wildman–Crippen LogP) is 5.26. The van der Waals surface area contributed by atoms with Crippen LogP contribution in [0.15, 0.2) is 72.8 Å². The normalized spacial score (nSPS) is 10.2. The first-order valence-electron chi connectivity index (χ1n) is 8.35. The van der Waals surface area contributed by atoms with E-state index in [-0.39, 0.29) is 18.4 Å². The lowest BCUT2D eigenvalue weighted by molar-refractivity contribution is -0.118. The third-order valence-electron chi connectivity index (χ3n) is 3.70. The maximum Gasteiger partial charge on any atom is 0.262 e. The van der Waals surface area contributed by atoms with Gasteiger partial charge >= 0.3 is 0 Å². The van der Waals surface area contributed by atoms with Gasteiger partial charge in [0.05, 0.1) is 0 Å². The molecule has 2 N–H and O–H groups in total. The van der Waals surface area contributed by atoms with Crippen LogP contribution < -0.4 is 15.4 Å². The summed E-state index contributed by atoms with van der Waals surface area (Å²) in [6, 6.07) is 20.2. The third kappa shape index (κ3) is 5.74. The molecule has 3 aromatic carbocycles. The van der Waals surface area contributed by atoms with Gasteiger partial charge in [0.1, 0.15) is 5.75 Å². The molecule has 0 aliphatic rings. The van der Waals surface area contributed by atoms with Crippen molar-refractivity contribution in [3.05, 3.63) is 88.4 Å². The summed E-state index contributed by atoms with van der Waals surface area (Å²) in [6.07, 6.45) is 0. The van der Waals surface area contributed by atoms with E-state index >= 15 is 0 Å². The van der Waals surface area contributed by atoms with Gasteiger partial charge in [-0.05, 0) is 66.7 Å². The van der Waals surface area contributed by atoms with Crippen molar-refractivity contribution in [2.75, 3.05) is 17.2 Å². The first kappa shape index (κ1) is 19.7. The molecule has 0 heterocycles. The zero-order chi connectivity index (χ0) is 19.9. The Morgan fingerprint density at radius 3 is 2.07 bits per heavy atom. The van der Waals surface area contributed by atoms with E-state index in [4.69, 9.17) is 27.9 Å². The van der Waals surface area contributed by atoms with Gasteiger partial charge in [0.25, 0.3) is 11.8 Å². The van der Waals surface area contributed by atoms with E-state index in [0.717, 1.165) is 0 Å². The Labute approximate surface area is 172 Å². The maximum atomic E-state index is 12.2. The zero-order valence-electron chi connectivity index (χ0n) is 14.6. The van der Waals surface area contributed by atoms with Gasteiger partial charge in [0.15, 0.2) is 6.61 Å². The van der Waals surface area contributed by atoms with Crippen LogP contribution in [0, 0.1) is 0 Å². The van der Waals surface area contributed by atoms with E-state index in [9.17, 15) is 9.59 Å². The van der Waals surface area contributed by atoms with Gasteiger partial charge in [-0.1, -0.05) is 29.3 Å². The lowest BCUT2D eigenvalue weighted by atomic mass is 10.2. The molecule has 0 saturated heterocycles. The van der Waals surface area contributed by atoms with Crippen molar-refractivity contribution in [2.45, 2.75) is 0 Å². The molecule has 0 bridgehead atoms. The Kier molecular flexibility index (Phi) is 6.53. The quantitative estimate of drug-likeness (QED) is 0.577. The highest BCUT2D eigenvalue weighted by Crippen LogP contribution is 2.17. The molecule has 7 heteroatoms. The largest absolute Gasteiger partial charge is 0.484 e. The molecule has 3 rings (SSSR count). The maximum absolute atomic E-state index is 12.2. The fourth-order valence-electron chi connectivity index (χ4n) is 2.35. The van der Waals surface area contributed by atoms with Gasteiger partial charge in [0.2, 0.25) is 0 Å². The summed E-state index contributed by atoms with van der Waals surface area (Å²) < 4.78 is 5.39. The number of carbonyl (C=O) groups excluding carboxylic acids is 2. The van der Waals surface area contributed by atoms with E-state index in [1.165, 1.54) is 0 Å². The third-order valence-corrected chi connectivity index (χ3v) is 4.18. The van der Waals surface area contributed by atoms with E-state index in [1.807, 2.05) is 0 Å². The van der Waals surface area contributed by atoms with Crippen LogP contribution in [0.5, 0.6) is 5.75 Å². The standard InChI is InChI=1S/C21H16Cl2N2O3/c22-15-4-10-19(11-5-15)28-13-20(26)24-17-6-8-18(9-7-17)25-21(27)14-2-1-3-16(23)12-14/h1-12H,13H2,(H,24,26)(H,25,27). The first-order valence-corrected chi connectivity index (χ1v) is 9.10. The Hall–Kier alpha value is -3.02. The van der Waals surface area contributed by atoms with Gasteiger partial charge < -0.3 is 15.4 Å². The number of benzene rings is 3. The molecule has 5 nitrogen and oxygen atoms in total. The number of rotatable bonds is 6. The molecule has 0 spiro atoms. The van der Waals surface area contributed by atoms with E-state index in [1.54, 1.807) is 72.8 Å². The number of ether oxygens (including phenoxy) is 1. The first-order chi connectivity index (χ1) is 13.5. The second kappa shape index (κ2) is 9.26. The Balaban J connectivity index is 1.51. The molecule has 3 aromatic rings. The SMILES string of the molecule is O=C(COc1ccc(Cl)cc1)Nc1ccc(NC(=O)c2cccc(Cl)c2)cc1. The van der Waals surface area contributed by atoms with Crippen molar-refractivity contribution >= 4 is 46.4 Å². The van der Waals surface area contributed by atoms with E-state index in [0.29, 0.717) is 32.7 Å². The zero-order valence-corrected chi connectivity index (χ0v) is 16.1. The van der Waals surface area contributed by atoms with Gasteiger partial charge in [0, 0.05) is 27.0 Å². The average Bonchev–Trinajstić information content (AvgIpc) is 2.69.